The van der Waals surface area contributed by atoms with E-state index in [1.54, 1.807) is 17.5 Å². The molecule has 0 unspecified atom stereocenters. The number of nitrogens with zero attached hydrogens (tertiary/aromatic N) is 3. The van der Waals surface area contributed by atoms with E-state index >= 15 is 0 Å². The topological polar surface area (TPSA) is 92.5 Å². The number of hydrogen-bond acceptors (Lipinski definition) is 6. The molecule has 6 nitrogen and oxygen atoms in total. The van der Waals surface area contributed by atoms with E-state index < -0.39 is 0 Å². The zero-order valence-corrected chi connectivity index (χ0v) is 10.4. The summed E-state index contributed by atoms with van der Waals surface area (Å²) in [6.45, 7) is 0.803. The molecular weight excluding hydrogens is 248 g/mol. The van der Waals surface area contributed by atoms with Gasteiger partial charge in [-0.2, -0.15) is 15.1 Å². The predicted octanol–water partition coefficient (Wildman–Crippen LogP) is 1.65. The number of anilines is 2. The number of aromatic nitrogens is 4. The fourth-order valence-electron chi connectivity index (χ4n) is 1.75. The largest absolute Gasteiger partial charge is 0.369 e. The van der Waals surface area contributed by atoms with Crippen LogP contribution in [0.2, 0.25) is 0 Å². The highest BCUT2D eigenvalue weighted by Crippen LogP contribution is 2.18. The van der Waals surface area contributed by atoms with Crippen LogP contribution in [0.4, 0.5) is 11.8 Å². The van der Waals surface area contributed by atoms with Crippen molar-refractivity contribution in [2.75, 3.05) is 17.6 Å². The average Bonchev–Trinajstić information content (AvgIpc) is 2.98. The molecule has 18 heavy (non-hydrogen) atoms. The van der Waals surface area contributed by atoms with Crippen LogP contribution in [-0.2, 0) is 6.42 Å². The van der Waals surface area contributed by atoms with E-state index in [-0.39, 0.29) is 5.95 Å². The van der Waals surface area contributed by atoms with E-state index in [2.05, 4.69) is 43.0 Å². The normalized spacial score (nSPS) is 10.9. The molecule has 0 aromatic carbocycles. The van der Waals surface area contributed by atoms with Crippen molar-refractivity contribution in [3.63, 3.8) is 0 Å². The maximum Gasteiger partial charge on any atom is 0.224 e. The standard InChI is InChI=1S/C11H12N6S/c12-11-15-9(8-6-14-17-10(8)16-11)13-4-3-7-2-1-5-18-7/h1-2,5-6H,3-4H2,(H4,12,13,14,15,16,17). The number of rotatable bonds is 4. The fraction of sp³-hybridized carbons (Fsp3) is 0.182. The number of nitrogens with two attached hydrogens (primary N) is 1. The van der Waals surface area contributed by atoms with Crippen molar-refractivity contribution in [3.8, 4) is 0 Å². The van der Waals surface area contributed by atoms with Crippen LogP contribution in [-0.4, -0.2) is 26.7 Å². The summed E-state index contributed by atoms with van der Waals surface area (Å²) >= 11 is 1.75. The van der Waals surface area contributed by atoms with Crippen molar-refractivity contribution in [2.45, 2.75) is 6.42 Å². The molecule has 3 aromatic rings. The van der Waals surface area contributed by atoms with Crippen molar-refractivity contribution < 1.29 is 0 Å². The number of fused-ring (bicyclic) bond motifs is 1. The highest BCUT2D eigenvalue weighted by Gasteiger charge is 2.07. The molecule has 0 fully saturated rings. The Morgan fingerprint density at radius 1 is 1.39 bits per heavy atom. The molecule has 7 heteroatoms. The molecule has 0 saturated carbocycles. The lowest BCUT2D eigenvalue weighted by Gasteiger charge is -2.06. The van der Waals surface area contributed by atoms with Gasteiger partial charge in [0.25, 0.3) is 0 Å². The lowest BCUT2D eigenvalue weighted by Crippen LogP contribution is -2.07. The van der Waals surface area contributed by atoms with E-state index in [0.717, 1.165) is 24.2 Å². The maximum atomic E-state index is 5.64. The highest BCUT2D eigenvalue weighted by atomic mass is 32.1. The van der Waals surface area contributed by atoms with Gasteiger partial charge in [-0.3, -0.25) is 5.10 Å². The van der Waals surface area contributed by atoms with Crippen molar-refractivity contribution in [1.82, 2.24) is 20.2 Å². The first kappa shape index (κ1) is 11.0. The quantitative estimate of drug-likeness (QED) is 0.663. The van der Waals surface area contributed by atoms with Gasteiger partial charge in [-0.05, 0) is 17.9 Å². The third-order valence-electron chi connectivity index (χ3n) is 2.57. The van der Waals surface area contributed by atoms with Gasteiger partial charge < -0.3 is 11.1 Å². The summed E-state index contributed by atoms with van der Waals surface area (Å²) in [7, 11) is 0. The van der Waals surface area contributed by atoms with E-state index in [9.17, 15) is 0 Å². The average molecular weight is 260 g/mol. The number of aromatic amines is 1. The highest BCUT2D eigenvalue weighted by molar-refractivity contribution is 7.09. The molecule has 0 amide bonds. The zero-order valence-electron chi connectivity index (χ0n) is 9.55. The molecule has 0 spiro atoms. The van der Waals surface area contributed by atoms with Gasteiger partial charge in [-0.25, -0.2) is 0 Å². The van der Waals surface area contributed by atoms with Crippen molar-refractivity contribution in [3.05, 3.63) is 28.6 Å². The van der Waals surface area contributed by atoms with Gasteiger partial charge >= 0.3 is 0 Å². The van der Waals surface area contributed by atoms with E-state index in [1.165, 1.54) is 4.88 Å². The second-order valence-corrected chi connectivity index (χ2v) is 4.85. The van der Waals surface area contributed by atoms with Crippen LogP contribution >= 0.6 is 11.3 Å². The van der Waals surface area contributed by atoms with Gasteiger partial charge in [0.2, 0.25) is 5.95 Å². The molecule has 92 valence electrons. The Labute approximate surface area is 107 Å². The third-order valence-corrected chi connectivity index (χ3v) is 3.51. The minimum atomic E-state index is 0.241. The lowest BCUT2D eigenvalue weighted by molar-refractivity contribution is 1.03. The second kappa shape index (κ2) is 4.61. The molecule has 0 aliphatic carbocycles. The number of nitrogen functional groups attached to an aromatic ring is 1. The predicted molar refractivity (Wildman–Crippen MR) is 72.6 cm³/mol. The summed E-state index contributed by atoms with van der Waals surface area (Å²) in [6, 6.07) is 4.17. The van der Waals surface area contributed by atoms with Crippen molar-refractivity contribution >= 4 is 34.1 Å². The maximum absolute atomic E-state index is 5.64. The van der Waals surface area contributed by atoms with Crippen LogP contribution in [0.3, 0.4) is 0 Å². The Morgan fingerprint density at radius 2 is 2.33 bits per heavy atom. The van der Waals surface area contributed by atoms with Gasteiger partial charge in [0.05, 0.1) is 11.6 Å². The molecular formula is C11H12N6S. The molecule has 0 aliphatic rings. The van der Waals surface area contributed by atoms with Crippen LogP contribution in [0.15, 0.2) is 23.7 Å². The molecule has 3 heterocycles. The molecule has 0 saturated heterocycles. The Kier molecular flexibility index (Phi) is 2.81. The Morgan fingerprint density at radius 3 is 3.17 bits per heavy atom. The van der Waals surface area contributed by atoms with E-state index in [1.807, 2.05) is 0 Å². The van der Waals surface area contributed by atoms with Gasteiger partial charge in [0.15, 0.2) is 5.65 Å². The van der Waals surface area contributed by atoms with Crippen LogP contribution in [0.1, 0.15) is 4.88 Å². The van der Waals surface area contributed by atoms with Crippen molar-refractivity contribution in [2.24, 2.45) is 0 Å². The molecule has 3 rings (SSSR count). The van der Waals surface area contributed by atoms with Crippen LogP contribution in [0, 0.1) is 0 Å². The molecule has 3 aromatic heterocycles. The minimum absolute atomic E-state index is 0.241. The number of nitrogens with one attached hydrogen (secondary N) is 2. The van der Waals surface area contributed by atoms with Crippen LogP contribution in [0.5, 0.6) is 0 Å². The second-order valence-electron chi connectivity index (χ2n) is 3.82. The summed E-state index contributed by atoms with van der Waals surface area (Å²) in [5.74, 6) is 0.966. The first-order valence-corrected chi connectivity index (χ1v) is 6.44. The van der Waals surface area contributed by atoms with Crippen LogP contribution in [0.25, 0.3) is 11.0 Å². The number of H-pyrrole nitrogens is 1. The minimum Gasteiger partial charge on any atom is -0.369 e. The van der Waals surface area contributed by atoms with Gasteiger partial charge in [0.1, 0.15) is 5.82 Å². The molecule has 0 aliphatic heterocycles. The summed E-state index contributed by atoms with van der Waals surface area (Å²) < 4.78 is 0. The SMILES string of the molecule is Nc1nc(NCCc2cccs2)c2cn[nH]c2n1. The summed E-state index contributed by atoms with van der Waals surface area (Å²) in [4.78, 5) is 9.60. The Bertz CT molecular complexity index is 645. The molecule has 0 radical (unpaired) electrons. The van der Waals surface area contributed by atoms with E-state index in [4.69, 9.17) is 5.73 Å². The molecule has 4 N–H and O–H groups in total. The number of thiophene rings is 1. The van der Waals surface area contributed by atoms with Gasteiger partial charge in [-0.1, -0.05) is 6.07 Å². The Hall–Kier alpha value is -2.15. The lowest BCUT2D eigenvalue weighted by atomic mass is 10.3. The fourth-order valence-corrected chi connectivity index (χ4v) is 2.45. The summed E-state index contributed by atoms with van der Waals surface area (Å²) in [5, 5.41) is 12.9. The van der Waals surface area contributed by atoms with Gasteiger partial charge in [-0.15, -0.1) is 11.3 Å². The zero-order chi connectivity index (χ0) is 12.4. The first-order valence-electron chi connectivity index (χ1n) is 5.56. The molecule has 0 bridgehead atoms. The summed E-state index contributed by atoms with van der Waals surface area (Å²) in [5.41, 5.74) is 6.30. The third kappa shape index (κ3) is 2.12. The number of hydrogen-bond donors (Lipinski definition) is 3. The van der Waals surface area contributed by atoms with Crippen molar-refractivity contribution in [1.29, 1.82) is 0 Å². The smallest absolute Gasteiger partial charge is 0.224 e. The van der Waals surface area contributed by atoms with Crippen LogP contribution < -0.4 is 11.1 Å². The van der Waals surface area contributed by atoms with E-state index in [0.29, 0.717) is 5.65 Å². The Balaban J connectivity index is 1.75. The summed E-state index contributed by atoms with van der Waals surface area (Å²) in [6.07, 6.45) is 2.66. The molecule has 0 atom stereocenters. The monoisotopic (exact) mass is 260 g/mol. The van der Waals surface area contributed by atoms with Gasteiger partial charge in [0, 0.05) is 11.4 Å². The first-order chi connectivity index (χ1) is 8.83.